The van der Waals surface area contributed by atoms with E-state index < -0.39 is 0 Å². The van der Waals surface area contributed by atoms with E-state index in [1.54, 1.807) is 7.11 Å². The second-order valence-corrected chi connectivity index (χ2v) is 5.77. The molecule has 0 fully saturated rings. The third-order valence-electron chi connectivity index (χ3n) is 2.80. The molecule has 0 aliphatic carbocycles. The fraction of sp³-hybridized carbons (Fsp3) is 0.538. The van der Waals surface area contributed by atoms with Crippen molar-refractivity contribution in [1.29, 1.82) is 0 Å². The van der Waals surface area contributed by atoms with Gasteiger partial charge in [-0.15, -0.1) is 0 Å². The van der Waals surface area contributed by atoms with Crippen LogP contribution in [0.5, 0.6) is 5.75 Å². The first-order valence-corrected chi connectivity index (χ1v) is 7.88. The van der Waals surface area contributed by atoms with Gasteiger partial charge in [-0.25, -0.2) is 0 Å². The van der Waals surface area contributed by atoms with E-state index in [0.29, 0.717) is 6.04 Å². The van der Waals surface area contributed by atoms with E-state index in [2.05, 4.69) is 39.6 Å². The molecule has 0 amide bonds. The topological polar surface area (TPSA) is 21.3 Å². The van der Waals surface area contributed by atoms with E-state index in [9.17, 15) is 0 Å². The summed E-state index contributed by atoms with van der Waals surface area (Å²) < 4.78 is 6.42. The van der Waals surface area contributed by atoms with Crippen LogP contribution in [-0.4, -0.2) is 32.2 Å². The van der Waals surface area contributed by atoms with Crippen LogP contribution >= 0.6 is 27.7 Å². The Bertz CT molecular complexity index is 346. The molecule has 0 radical (unpaired) electrons. The Morgan fingerprint density at radius 2 is 2.24 bits per heavy atom. The second-order valence-electron chi connectivity index (χ2n) is 3.93. The summed E-state index contributed by atoms with van der Waals surface area (Å²) in [4.78, 5) is 0. The maximum Gasteiger partial charge on any atom is 0.119 e. The van der Waals surface area contributed by atoms with Crippen LogP contribution in [0.3, 0.4) is 0 Å². The fourth-order valence-electron chi connectivity index (χ4n) is 1.71. The molecule has 1 unspecified atom stereocenters. The zero-order valence-electron chi connectivity index (χ0n) is 10.6. The molecule has 1 atom stereocenters. The number of halogens is 1. The minimum Gasteiger partial charge on any atom is -0.497 e. The molecule has 1 rings (SSSR count). The zero-order chi connectivity index (χ0) is 12.7. The summed E-state index contributed by atoms with van der Waals surface area (Å²) in [7, 11) is 3.73. The average molecular weight is 318 g/mol. The van der Waals surface area contributed by atoms with Crippen molar-refractivity contribution in [3.8, 4) is 5.75 Å². The van der Waals surface area contributed by atoms with Gasteiger partial charge < -0.3 is 10.1 Å². The van der Waals surface area contributed by atoms with Crippen LogP contribution in [0.15, 0.2) is 22.7 Å². The SMILES string of the molecule is CNC(CCSC)Cc1cc(OC)ccc1Br. The predicted molar refractivity (Wildman–Crippen MR) is 80.2 cm³/mol. The molecule has 4 heteroatoms. The smallest absolute Gasteiger partial charge is 0.119 e. The lowest BCUT2D eigenvalue weighted by Crippen LogP contribution is -2.28. The lowest BCUT2D eigenvalue weighted by Gasteiger charge is -2.17. The Morgan fingerprint density at radius 3 is 2.82 bits per heavy atom. The van der Waals surface area contributed by atoms with E-state index in [1.807, 2.05) is 24.9 Å². The summed E-state index contributed by atoms with van der Waals surface area (Å²) in [6, 6.07) is 6.65. The molecule has 0 heterocycles. The van der Waals surface area contributed by atoms with Crippen molar-refractivity contribution in [3.05, 3.63) is 28.2 Å². The number of nitrogens with one attached hydrogen (secondary N) is 1. The van der Waals surface area contributed by atoms with Gasteiger partial charge in [0.15, 0.2) is 0 Å². The van der Waals surface area contributed by atoms with Gasteiger partial charge in [0.2, 0.25) is 0 Å². The quantitative estimate of drug-likeness (QED) is 0.833. The van der Waals surface area contributed by atoms with Crippen LogP contribution in [0.1, 0.15) is 12.0 Å². The molecule has 0 spiro atoms. The van der Waals surface area contributed by atoms with Crippen LogP contribution in [-0.2, 0) is 6.42 Å². The van der Waals surface area contributed by atoms with E-state index in [0.717, 1.165) is 16.6 Å². The minimum absolute atomic E-state index is 0.519. The molecule has 1 N–H and O–H groups in total. The number of rotatable bonds is 7. The Balaban J connectivity index is 2.70. The van der Waals surface area contributed by atoms with Gasteiger partial charge in [0, 0.05) is 10.5 Å². The molecular formula is C13H20BrNOS. The molecule has 0 aromatic heterocycles. The summed E-state index contributed by atoms with van der Waals surface area (Å²) in [5.74, 6) is 2.11. The van der Waals surface area contributed by atoms with Crippen molar-refractivity contribution in [3.63, 3.8) is 0 Å². The number of hydrogen-bond donors (Lipinski definition) is 1. The van der Waals surface area contributed by atoms with Crippen LogP contribution in [0, 0.1) is 0 Å². The van der Waals surface area contributed by atoms with Crippen molar-refractivity contribution in [2.24, 2.45) is 0 Å². The maximum atomic E-state index is 5.26. The predicted octanol–water partition coefficient (Wildman–Crippen LogP) is 3.34. The number of likely N-dealkylation sites (N-methyl/N-ethyl adjacent to an activating group) is 1. The van der Waals surface area contributed by atoms with E-state index in [-0.39, 0.29) is 0 Å². The molecule has 0 saturated carbocycles. The summed E-state index contributed by atoms with van der Waals surface area (Å²) in [6.07, 6.45) is 4.35. The minimum atomic E-state index is 0.519. The molecule has 96 valence electrons. The Morgan fingerprint density at radius 1 is 1.47 bits per heavy atom. The summed E-state index contributed by atoms with van der Waals surface area (Å²) in [5, 5.41) is 3.38. The van der Waals surface area contributed by atoms with Gasteiger partial charge >= 0.3 is 0 Å². The Labute approximate surface area is 117 Å². The van der Waals surface area contributed by atoms with Gasteiger partial charge in [0.25, 0.3) is 0 Å². The number of thioether (sulfide) groups is 1. The van der Waals surface area contributed by atoms with Gasteiger partial charge in [0.05, 0.1) is 7.11 Å². The normalized spacial score (nSPS) is 12.5. The maximum absolute atomic E-state index is 5.26. The van der Waals surface area contributed by atoms with Crippen molar-refractivity contribution in [1.82, 2.24) is 5.32 Å². The zero-order valence-corrected chi connectivity index (χ0v) is 13.0. The molecule has 1 aromatic carbocycles. The first-order chi connectivity index (χ1) is 8.21. The monoisotopic (exact) mass is 317 g/mol. The number of ether oxygens (including phenoxy) is 1. The third kappa shape index (κ3) is 4.90. The van der Waals surface area contributed by atoms with Gasteiger partial charge in [-0.1, -0.05) is 15.9 Å². The summed E-state index contributed by atoms with van der Waals surface area (Å²) >= 11 is 5.49. The van der Waals surface area contributed by atoms with Crippen LogP contribution < -0.4 is 10.1 Å². The largest absolute Gasteiger partial charge is 0.497 e. The third-order valence-corrected chi connectivity index (χ3v) is 4.22. The van der Waals surface area contributed by atoms with Crippen molar-refractivity contribution in [2.45, 2.75) is 18.9 Å². The lowest BCUT2D eigenvalue weighted by atomic mass is 10.0. The van der Waals surface area contributed by atoms with Gasteiger partial charge in [-0.05, 0) is 55.7 Å². The first-order valence-electron chi connectivity index (χ1n) is 5.70. The van der Waals surface area contributed by atoms with Crippen molar-refractivity contribution < 1.29 is 4.74 Å². The molecule has 2 nitrogen and oxygen atoms in total. The number of methoxy groups -OCH3 is 1. The molecule has 0 bridgehead atoms. The lowest BCUT2D eigenvalue weighted by molar-refractivity contribution is 0.413. The number of benzene rings is 1. The van der Waals surface area contributed by atoms with E-state index in [4.69, 9.17) is 4.74 Å². The molecule has 17 heavy (non-hydrogen) atoms. The second kappa shape index (κ2) is 8.01. The molecule has 0 aliphatic rings. The molecule has 0 aliphatic heterocycles. The highest BCUT2D eigenvalue weighted by molar-refractivity contribution is 9.10. The van der Waals surface area contributed by atoms with Crippen LogP contribution in [0.25, 0.3) is 0 Å². The van der Waals surface area contributed by atoms with Crippen molar-refractivity contribution >= 4 is 27.7 Å². The molecular weight excluding hydrogens is 298 g/mol. The summed E-state index contributed by atoms with van der Waals surface area (Å²) in [6.45, 7) is 0. The molecule has 0 saturated heterocycles. The summed E-state index contributed by atoms with van der Waals surface area (Å²) in [5.41, 5.74) is 1.30. The highest BCUT2D eigenvalue weighted by Gasteiger charge is 2.10. The molecule has 1 aromatic rings. The average Bonchev–Trinajstić information content (AvgIpc) is 2.36. The van der Waals surface area contributed by atoms with E-state index >= 15 is 0 Å². The van der Waals surface area contributed by atoms with Crippen LogP contribution in [0.4, 0.5) is 0 Å². The number of hydrogen-bond acceptors (Lipinski definition) is 3. The highest BCUT2D eigenvalue weighted by Crippen LogP contribution is 2.24. The Hall–Kier alpha value is -0.190. The Kier molecular flexibility index (Phi) is 7.00. The van der Waals surface area contributed by atoms with Gasteiger partial charge in [0.1, 0.15) is 5.75 Å². The standard InChI is InChI=1S/C13H20BrNOS/c1-15-11(6-7-17-3)8-10-9-12(16-2)4-5-13(10)14/h4-5,9,11,15H,6-8H2,1-3H3. The van der Waals surface area contributed by atoms with Gasteiger partial charge in [-0.3, -0.25) is 0 Å². The van der Waals surface area contributed by atoms with Gasteiger partial charge in [-0.2, -0.15) is 11.8 Å². The highest BCUT2D eigenvalue weighted by atomic mass is 79.9. The first kappa shape index (κ1) is 14.9. The van der Waals surface area contributed by atoms with E-state index in [1.165, 1.54) is 17.7 Å². The fourth-order valence-corrected chi connectivity index (χ4v) is 2.64. The van der Waals surface area contributed by atoms with Crippen molar-refractivity contribution in [2.75, 3.05) is 26.2 Å². The van der Waals surface area contributed by atoms with Crippen LogP contribution in [0.2, 0.25) is 0 Å².